The minimum Gasteiger partial charge on any atom is -0.394 e. The van der Waals surface area contributed by atoms with E-state index in [2.05, 4.69) is 6.92 Å². The van der Waals surface area contributed by atoms with Gasteiger partial charge in [0.15, 0.2) is 6.29 Å². The summed E-state index contributed by atoms with van der Waals surface area (Å²) in [5.41, 5.74) is 0. The van der Waals surface area contributed by atoms with Crippen molar-refractivity contribution >= 4 is 0 Å². The zero-order valence-electron chi connectivity index (χ0n) is 19.2. The third-order valence-corrected chi connectivity index (χ3v) is 6.15. The first kappa shape index (κ1) is 27.8. The van der Waals surface area contributed by atoms with Crippen LogP contribution in [0.25, 0.3) is 0 Å². The first-order valence-electron chi connectivity index (χ1n) is 12.5. The standard InChI is InChI=1S/C24H48O6/c1-2-3-4-5-6-7-8-9-10-11-12-13-14-15-16-17-18-29-23-22(27)21(26)20(19-25)30-24(23)28/h20-28H,2-19H2,1H3/t20-,21-,22+,23-,24-/m1/s1. The zero-order valence-corrected chi connectivity index (χ0v) is 19.2. The number of hydrogen-bond acceptors (Lipinski definition) is 6. The summed E-state index contributed by atoms with van der Waals surface area (Å²) in [6, 6.07) is 0. The van der Waals surface area contributed by atoms with Crippen molar-refractivity contribution in [2.75, 3.05) is 13.2 Å². The monoisotopic (exact) mass is 432 g/mol. The summed E-state index contributed by atoms with van der Waals surface area (Å²) < 4.78 is 10.6. The molecule has 0 aromatic rings. The van der Waals surface area contributed by atoms with Crippen molar-refractivity contribution in [1.82, 2.24) is 0 Å². The van der Waals surface area contributed by atoms with Crippen molar-refractivity contribution < 1.29 is 29.9 Å². The Kier molecular flexibility index (Phi) is 17.0. The summed E-state index contributed by atoms with van der Waals surface area (Å²) in [4.78, 5) is 0. The predicted molar refractivity (Wildman–Crippen MR) is 119 cm³/mol. The molecule has 0 aromatic carbocycles. The largest absolute Gasteiger partial charge is 0.394 e. The first-order chi connectivity index (χ1) is 14.6. The molecule has 1 fully saturated rings. The maximum Gasteiger partial charge on any atom is 0.184 e. The minimum absolute atomic E-state index is 0.414. The Morgan fingerprint density at radius 1 is 0.633 bits per heavy atom. The van der Waals surface area contributed by atoms with Gasteiger partial charge >= 0.3 is 0 Å². The van der Waals surface area contributed by atoms with Crippen LogP contribution in [0.15, 0.2) is 0 Å². The molecule has 1 saturated heterocycles. The number of aliphatic hydroxyl groups excluding tert-OH is 4. The van der Waals surface area contributed by atoms with E-state index in [1.165, 1.54) is 89.9 Å². The van der Waals surface area contributed by atoms with Crippen LogP contribution in [-0.2, 0) is 9.47 Å². The van der Waals surface area contributed by atoms with Gasteiger partial charge < -0.3 is 29.9 Å². The highest BCUT2D eigenvalue weighted by Crippen LogP contribution is 2.22. The molecule has 1 aliphatic rings. The Hall–Kier alpha value is -0.240. The number of ether oxygens (including phenoxy) is 2. The van der Waals surface area contributed by atoms with Crippen LogP contribution in [0.4, 0.5) is 0 Å². The molecule has 1 aliphatic heterocycles. The van der Waals surface area contributed by atoms with Gasteiger partial charge in [0, 0.05) is 6.61 Å². The highest BCUT2D eigenvalue weighted by Gasteiger charge is 2.44. The van der Waals surface area contributed by atoms with E-state index in [1.54, 1.807) is 0 Å². The maximum absolute atomic E-state index is 10.0. The number of hydrogen-bond donors (Lipinski definition) is 4. The summed E-state index contributed by atoms with van der Waals surface area (Å²) >= 11 is 0. The van der Waals surface area contributed by atoms with Crippen LogP contribution in [0.5, 0.6) is 0 Å². The fourth-order valence-corrected chi connectivity index (χ4v) is 4.12. The SMILES string of the molecule is CCCCCCCCCCCCCCCCCCO[C@@H]1[C@@H](O)[C@H](O)[C@@H](CO)O[C@H]1O. The van der Waals surface area contributed by atoms with Crippen LogP contribution in [0.2, 0.25) is 0 Å². The van der Waals surface area contributed by atoms with Gasteiger partial charge in [-0.2, -0.15) is 0 Å². The van der Waals surface area contributed by atoms with E-state index in [-0.39, 0.29) is 0 Å². The van der Waals surface area contributed by atoms with Gasteiger partial charge in [-0.1, -0.05) is 103 Å². The second kappa shape index (κ2) is 18.3. The average Bonchev–Trinajstić information content (AvgIpc) is 2.74. The molecule has 1 heterocycles. The fraction of sp³-hybridized carbons (Fsp3) is 1.00. The Balaban J connectivity index is 1.86. The third kappa shape index (κ3) is 12.0. The Morgan fingerprint density at radius 3 is 1.50 bits per heavy atom. The molecule has 0 radical (unpaired) electrons. The summed E-state index contributed by atoms with van der Waals surface area (Å²) in [7, 11) is 0. The molecule has 4 N–H and O–H groups in total. The molecule has 6 nitrogen and oxygen atoms in total. The van der Waals surface area contributed by atoms with Crippen molar-refractivity contribution in [3.63, 3.8) is 0 Å². The quantitative estimate of drug-likeness (QED) is 0.230. The summed E-state index contributed by atoms with van der Waals surface area (Å²) in [6.07, 6.45) is 15.0. The zero-order chi connectivity index (χ0) is 22.0. The number of unbranched alkanes of at least 4 members (excludes halogenated alkanes) is 15. The molecule has 0 aliphatic carbocycles. The van der Waals surface area contributed by atoms with E-state index in [9.17, 15) is 15.3 Å². The molecular weight excluding hydrogens is 384 g/mol. The van der Waals surface area contributed by atoms with Crippen molar-refractivity contribution in [3.8, 4) is 0 Å². The lowest BCUT2D eigenvalue weighted by Gasteiger charge is -2.39. The highest BCUT2D eigenvalue weighted by atomic mass is 16.7. The van der Waals surface area contributed by atoms with Crippen LogP contribution in [0.3, 0.4) is 0 Å². The van der Waals surface area contributed by atoms with Crippen molar-refractivity contribution in [1.29, 1.82) is 0 Å². The van der Waals surface area contributed by atoms with E-state index >= 15 is 0 Å². The maximum atomic E-state index is 10.0. The molecule has 30 heavy (non-hydrogen) atoms. The fourth-order valence-electron chi connectivity index (χ4n) is 4.12. The lowest BCUT2D eigenvalue weighted by molar-refractivity contribution is -0.296. The smallest absolute Gasteiger partial charge is 0.184 e. The third-order valence-electron chi connectivity index (χ3n) is 6.15. The van der Waals surface area contributed by atoms with E-state index in [0.29, 0.717) is 6.61 Å². The second-order valence-electron chi connectivity index (χ2n) is 8.87. The first-order valence-corrected chi connectivity index (χ1v) is 12.5. The highest BCUT2D eigenvalue weighted by molar-refractivity contribution is 4.89. The van der Waals surface area contributed by atoms with Gasteiger partial charge in [0.2, 0.25) is 0 Å². The van der Waals surface area contributed by atoms with Gasteiger partial charge in [0.05, 0.1) is 6.61 Å². The van der Waals surface area contributed by atoms with Gasteiger partial charge in [0.25, 0.3) is 0 Å². The molecule has 0 bridgehead atoms. The molecule has 0 aromatic heterocycles. The van der Waals surface area contributed by atoms with Crippen LogP contribution in [-0.4, -0.2) is 64.3 Å². The van der Waals surface area contributed by atoms with Gasteiger partial charge in [-0.15, -0.1) is 0 Å². The molecule has 0 saturated carbocycles. The summed E-state index contributed by atoms with van der Waals surface area (Å²) in [5.74, 6) is 0. The summed E-state index contributed by atoms with van der Waals surface area (Å²) in [5, 5.41) is 38.8. The van der Waals surface area contributed by atoms with Crippen LogP contribution < -0.4 is 0 Å². The number of aliphatic hydroxyl groups is 4. The van der Waals surface area contributed by atoms with E-state index in [0.717, 1.165) is 12.8 Å². The average molecular weight is 433 g/mol. The Morgan fingerprint density at radius 2 is 1.07 bits per heavy atom. The van der Waals surface area contributed by atoms with Crippen LogP contribution in [0, 0.1) is 0 Å². The second-order valence-corrected chi connectivity index (χ2v) is 8.87. The van der Waals surface area contributed by atoms with Gasteiger partial charge in [-0.05, 0) is 6.42 Å². The molecule has 1 rings (SSSR count). The number of rotatable bonds is 19. The van der Waals surface area contributed by atoms with Gasteiger partial charge in [-0.25, -0.2) is 0 Å². The summed E-state index contributed by atoms with van der Waals surface area (Å²) in [6.45, 7) is 2.22. The Labute approximate surface area is 184 Å². The van der Waals surface area contributed by atoms with E-state index < -0.39 is 37.3 Å². The molecule has 0 amide bonds. The molecule has 5 atom stereocenters. The molecule has 6 heteroatoms. The van der Waals surface area contributed by atoms with Gasteiger partial charge in [-0.3, -0.25) is 0 Å². The van der Waals surface area contributed by atoms with E-state index in [4.69, 9.17) is 14.6 Å². The lowest BCUT2D eigenvalue weighted by Crippen LogP contribution is -2.59. The minimum atomic E-state index is -1.33. The lowest BCUT2D eigenvalue weighted by atomic mass is 9.99. The Bertz CT molecular complexity index is 381. The van der Waals surface area contributed by atoms with Crippen LogP contribution >= 0.6 is 0 Å². The van der Waals surface area contributed by atoms with Crippen molar-refractivity contribution in [2.24, 2.45) is 0 Å². The molecular formula is C24H48O6. The van der Waals surface area contributed by atoms with Crippen molar-refractivity contribution in [2.45, 2.75) is 140 Å². The molecule has 0 unspecified atom stereocenters. The molecule has 0 spiro atoms. The predicted octanol–water partition coefficient (Wildman–Crippen LogP) is 4.06. The van der Waals surface area contributed by atoms with Gasteiger partial charge in [0.1, 0.15) is 24.4 Å². The van der Waals surface area contributed by atoms with Crippen LogP contribution in [0.1, 0.15) is 110 Å². The topological polar surface area (TPSA) is 99.4 Å². The molecule has 180 valence electrons. The van der Waals surface area contributed by atoms with Crippen molar-refractivity contribution in [3.05, 3.63) is 0 Å². The normalized spacial score (nSPS) is 26.9. The van der Waals surface area contributed by atoms with E-state index in [1.807, 2.05) is 0 Å².